The lowest BCUT2D eigenvalue weighted by Crippen LogP contribution is -2.43. The van der Waals surface area contributed by atoms with Crippen molar-refractivity contribution in [3.8, 4) is 0 Å². The zero-order valence-electron chi connectivity index (χ0n) is 11.4. The van der Waals surface area contributed by atoms with E-state index in [0.717, 1.165) is 19.4 Å². The third-order valence-corrected chi connectivity index (χ3v) is 3.61. The van der Waals surface area contributed by atoms with E-state index in [2.05, 4.69) is 24.1 Å². The van der Waals surface area contributed by atoms with E-state index in [4.69, 9.17) is 18.0 Å². The van der Waals surface area contributed by atoms with E-state index in [1.54, 1.807) is 0 Å². The Kier molecular flexibility index (Phi) is 6.57. The van der Waals surface area contributed by atoms with Crippen LogP contribution in [-0.4, -0.2) is 41.0 Å². The Labute approximate surface area is 115 Å². The van der Waals surface area contributed by atoms with Gasteiger partial charge in [0.2, 0.25) is 5.91 Å². The number of nitrogens with zero attached hydrogens (tertiary/aromatic N) is 1. The van der Waals surface area contributed by atoms with Crippen molar-refractivity contribution in [1.29, 1.82) is 0 Å². The maximum absolute atomic E-state index is 11.9. The zero-order chi connectivity index (χ0) is 13.5. The molecule has 0 heterocycles. The molecule has 0 aliphatic heterocycles. The Hall–Kier alpha value is -0.680. The standard InChI is InChI=1S/C13H25N3OS/c1-3-10(4-2)15-13(17)9-16(11-5-6-11)8-7-12(14)18/h10-11H,3-9H2,1-2H3,(H2,14,18)(H,15,17). The molecule has 0 aromatic carbocycles. The molecule has 0 radical (unpaired) electrons. The summed E-state index contributed by atoms with van der Waals surface area (Å²) in [6, 6.07) is 0.862. The van der Waals surface area contributed by atoms with Crippen LogP contribution in [0.5, 0.6) is 0 Å². The molecular weight excluding hydrogens is 246 g/mol. The molecule has 104 valence electrons. The van der Waals surface area contributed by atoms with Crippen molar-refractivity contribution < 1.29 is 4.79 Å². The molecule has 1 saturated carbocycles. The summed E-state index contributed by atoms with van der Waals surface area (Å²) >= 11 is 4.89. The van der Waals surface area contributed by atoms with Crippen LogP contribution in [0.25, 0.3) is 0 Å². The number of rotatable bonds is 9. The van der Waals surface area contributed by atoms with Gasteiger partial charge in [-0.15, -0.1) is 0 Å². The monoisotopic (exact) mass is 271 g/mol. The van der Waals surface area contributed by atoms with Gasteiger partial charge in [0, 0.05) is 25.0 Å². The first-order valence-corrected chi connectivity index (χ1v) is 7.29. The summed E-state index contributed by atoms with van der Waals surface area (Å²) in [6.45, 7) is 5.47. The highest BCUT2D eigenvalue weighted by Gasteiger charge is 2.30. The van der Waals surface area contributed by atoms with Crippen molar-refractivity contribution >= 4 is 23.1 Å². The molecule has 0 bridgehead atoms. The van der Waals surface area contributed by atoms with Crippen molar-refractivity contribution in [2.75, 3.05) is 13.1 Å². The van der Waals surface area contributed by atoms with Crippen LogP contribution in [-0.2, 0) is 4.79 Å². The van der Waals surface area contributed by atoms with Crippen LogP contribution in [0.15, 0.2) is 0 Å². The normalized spacial score (nSPS) is 15.1. The number of hydrogen-bond donors (Lipinski definition) is 2. The van der Waals surface area contributed by atoms with E-state index in [9.17, 15) is 4.79 Å². The van der Waals surface area contributed by atoms with Gasteiger partial charge in [0.05, 0.1) is 11.5 Å². The van der Waals surface area contributed by atoms with Gasteiger partial charge in [-0.05, 0) is 25.7 Å². The summed E-state index contributed by atoms with van der Waals surface area (Å²) in [7, 11) is 0. The molecule has 4 nitrogen and oxygen atoms in total. The fourth-order valence-electron chi connectivity index (χ4n) is 2.03. The molecular formula is C13H25N3OS. The lowest BCUT2D eigenvalue weighted by molar-refractivity contribution is -0.123. The van der Waals surface area contributed by atoms with Crippen molar-refractivity contribution in [3.05, 3.63) is 0 Å². The van der Waals surface area contributed by atoms with Gasteiger partial charge in [0.25, 0.3) is 0 Å². The van der Waals surface area contributed by atoms with Gasteiger partial charge in [-0.3, -0.25) is 9.69 Å². The minimum atomic E-state index is 0.124. The second-order valence-electron chi connectivity index (χ2n) is 5.00. The van der Waals surface area contributed by atoms with Gasteiger partial charge in [-0.25, -0.2) is 0 Å². The molecule has 5 heteroatoms. The summed E-state index contributed by atoms with van der Waals surface area (Å²) in [6.07, 6.45) is 5.05. The summed E-state index contributed by atoms with van der Waals surface area (Å²) in [4.78, 5) is 14.7. The molecule has 0 atom stereocenters. The van der Waals surface area contributed by atoms with Crippen LogP contribution in [0.4, 0.5) is 0 Å². The largest absolute Gasteiger partial charge is 0.393 e. The van der Waals surface area contributed by atoms with Gasteiger partial charge in [0.15, 0.2) is 0 Å². The Balaban J connectivity index is 2.35. The molecule has 1 aliphatic carbocycles. The van der Waals surface area contributed by atoms with E-state index in [0.29, 0.717) is 30.0 Å². The smallest absolute Gasteiger partial charge is 0.234 e. The maximum Gasteiger partial charge on any atom is 0.234 e. The third kappa shape index (κ3) is 5.78. The number of nitrogens with two attached hydrogens (primary N) is 1. The second-order valence-corrected chi connectivity index (χ2v) is 5.52. The Morgan fingerprint density at radius 2 is 2.06 bits per heavy atom. The van der Waals surface area contributed by atoms with Crippen molar-refractivity contribution in [1.82, 2.24) is 10.2 Å². The average Bonchev–Trinajstić information content (AvgIpc) is 3.15. The minimum absolute atomic E-state index is 0.124. The summed E-state index contributed by atoms with van der Waals surface area (Å²) < 4.78 is 0. The van der Waals surface area contributed by atoms with E-state index >= 15 is 0 Å². The first kappa shape index (κ1) is 15.4. The highest BCUT2D eigenvalue weighted by molar-refractivity contribution is 7.80. The molecule has 0 unspecified atom stereocenters. The fourth-order valence-corrected chi connectivity index (χ4v) is 2.13. The van der Waals surface area contributed by atoms with E-state index in [1.807, 2.05) is 0 Å². The Morgan fingerprint density at radius 3 is 2.50 bits per heavy atom. The van der Waals surface area contributed by atoms with Gasteiger partial charge in [0.1, 0.15) is 0 Å². The SMILES string of the molecule is CCC(CC)NC(=O)CN(CCC(N)=S)C1CC1. The first-order valence-electron chi connectivity index (χ1n) is 6.88. The summed E-state index contributed by atoms with van der Waals surface area (Å²) in [5.41, 5.74) is 5.52. The van der Waals surface area contributed by atoms with Crippen LogP contribution in [0.1, 0.15) is 46.0 Å². The number of carbonyl (C=O) groups is 1. The molecule has 0 saturated heterocycles. The summed E-state index contributed by atoms with van der Waals surface area (Å²) in [5.74, 6) is 0.124. The van der Waals surface area contributed by atoms with E-state index in [-0.39, 0.29) is 5.91 Å². The first-order chi connectivity index (χ1) is 8.56. The van der Waals surface area contributed by atoms with Crippen molar-refractivity contribution in [2.24, 2.45) is 5.73 Å². The highest BCUT2D eigenvalue weighted by atomic mass is 32.1. The van der Waals surface area contributed by atoms with Crippen LogP contribution in [0.3, 0.4) is 0 Å². The van der Waals surface area contributed by atoms with E-state index < -0.39 is 0 Å². The van der Waals surface area contributed by atoms with Crippen molar-refractivity contribution in [2.45, 2.75) is 58.0 Å². The molecule has 1 rings (SSSR count). The van der Waals surface area contributed by atoms with Gasteiger partial charge in [-0.1, -0.05) is 26.1 Å². The third-order valence-electron chi connectivity index (χ3n) is 3.41. The maximum atomic E-state index is 11.9. The minimum Gasteiger partial charge on any atom is -0.393 e. The molecule has 1 fully saturated rings. The number of amides is 1. The Morgan fingerprint density at radius 1 is 1.44 bits per heavy atom. The molecule has 0 aromatic heterocycles. The number of hydrogen-bond acceptors (Lipinski definition) is 3. The molecule has 0 aromatic rings. The molecule has 0 spiro atoms. The zero-order valence-corrected chi connectivity index (χ0v) is 12.3. The fraction of sp³-hybridized carbons (Fsp3) is 0.846. The molecule has 3 N–H and O–H groups in total. The van der Waals surface area contributed by atoms with E-state index in [1.165, 1.54) is 12.8 Å². The van der Waals surface area contributed by atoms with Crippen LogP contribution < -0.4 is 11.1 Å². The van der Waals surface area contributed by atoms with Crippen molar-refractivity contribution in [3.63, 3.8) is 0 Å². The van der Waals surface area contributed by atoms with Gasteiger partial charge in [-0.2, -0.15) is 0 Å². The topological polar surface area (TPSA) is 58.4 Å². The lowest BCUT2D eigenvalue weighted by Gasteiger charge is -2.23. The molecule has 18 heavy (non-hydrogen) atoms. The quantitative estimate of drug-likeness (QED) is 0.623. The molecule has 1 aliphatic rings. The summed E-state index contributed by atoms with van der Waals surface area (Å²) in [5, 5.41) is 3.07. The predicted octanol–water partition coefficient (Wildman–Crippen LogP) is 1.43. The number of thiocarbonyl (C=S) groups is 1. The Bertz CT molecular complexity index is 288. The average molecular weight is 271 g/mol. The van der Waals surface area contributed by atoms with Gasteiger partial charge < -0.3 is 11.1 Å². The number of nitrogens with one attached hydrogen (secondary N) is 1. The lowest BCUT2D eigenvalue weighted by atomic mass is 10.2. The molecule has 1 amide bonds. The van der Waals surface area contributed by atoms with Gasteiger partial charge >= 0.3 is 0 Å². The van der Waals surface area contributed by atoms with Crippen LogP contribution >= 0.6 is 12.2 Å². The predicted molar refractivity (Wildman–Crippen MR) is 78.5 cm³/mol. The van der Waals surface area contributed by atoms with Crippen LogP contribution in [0, 0.1) is 0 Å². The number of carbonyl (C=O) groups excluding carboxylic acids is 1. The highest BCUT2D eigenvalue weighted by Crippen LogP contribution is 2.26. The van der Waals surface area contributed by atoms with Crippen LogP contribution in [0.2, 0.25) is 0 Å². The second kappa shape index (κ2) is 7.69.